The van der Waals surface area contributed by atoms with Gasteiger partial charge in [0.15, 0.2) is 5.82 Å². The van der Waals surface area contributed by atoms with Crippen LogP contribution < -0.4 is 11.3 Å². The van der Waals surface area contributed by atoms with Crippen molar-refractivity contribution in [2.75, 3.05) is 5.43 Å². The quantitative estimate of drug-likeness (QED) is 0.664. The van der Waals surface area contributed by atoms with Crippen LogP contribution in [0.5, 0.6) is 0 Å². The van der Waals surface area contributed by atoms with Crippen molar-refractivity contribution in [1.29, 1.82) is 0 Å². The van der Waals surface area contributed by atoms with E-state index in [1.165, 1.54) is 0 Å². The first-order valence-electron chi connectivity index (χ1n) is 6.72. The Morgan fingerprint density at radius 1 is 1.25 bits per heavy atom. The van der Waals surface area contributed by atoms with E-state index in [1.807, 2.05) is 16.9 Å². The zero-order chi connectivity index (χ0) is 14.9. The maximum atomic E-state index is 5.50. The van der Waals surface area contributed by atoms with Gasteiger partial charge in [-0.3, -0.25) is 4.68 Å². The zero-order valence-electron chi connectivity index (χ0n) is 12.7. The Hall–Kier alpha value is -1.95. The highest BCUT2D eigenvalue weighted by Gasteiger charge is 2.19. The lowest BCUT2D eigenvalue weighted by Gasteiger charge is -2.19. The van der Waals surface area contributed by atoms with E-state index >= 15 is 0 Å². The molecule has 0 aliphatic carbocycles. The van der Waals surface area contributed by atoms with Crippen LogP contribution in [0.25, 0.3) is 11.4 Å². The molecule has 0 fully saturated rings. The van der Waals surface area contributed by atoms with Crippen molar-refractivity contribution in [1.82, 2.24) is 19.7 Å². The molecule has 0 amide bonds. The van der Waals surface area contributed by atoms with Gasteiger partial charge in [0.25, 0.3) is 0 Å². The Morgan fingerprint density at radius 2 is 1.95 bits per heavy atom. The van der Waals surface area contributed by atoms with Crippen molar-refractivity contribution >= 4 is 5.82 Å². The van der Waals surface area contributed by atoms with Crippen LogP contribution in [-0.2, 0) is 5.41 Å². The first kappa shape index (κ1) is 14.5. The van der Waals surface area contributed by atoms with Gasteiger partial charge < -0.3 is 5.43 Å². The minimum atomic E-state index is -0.0721. The van der Waals surface area contributed by atoms with Crippen molar-refractivity contribution in [3.8, 4) is 11.4 Å². The van der Waals surface area contributed by atoms with Gasteiger partial charge in [-0.15, -0.1) is 0 Å². The van der Waals surface area contributed by atoms with Crippen molar-refractivity contribution in [2.45, 2.75) is 46.1 Å². The third-order valence-corrected chi connectivity index (χ3v) is 3.03. The van der Waals surface area contributed by atoms with E-state index in [-0.39, 0.29) is 5.41 Å². The second kappa shape index (κ2) is 5.20. The van der Waals surface area contributed by atoms with Crippen LogP contribution in [-0.4, -0.2) is 19.7 Å². The van der Waals surface area contributed by atoms with Crippen LogP contribution in [0.2, 0.25) is 0 Å². The summed E-state index contributed by atoms with van der Waals surface area (Å²) in [5.41, 5.74) is 4.36. The fourth-order valence-corrected chi connectivity index (χ4v) is 1.77. The van der Waals surface area contributed by atoms with Gasteiger partial charge in [0.2, 0.25) is 0 Å². The van der Waals surface area contributed by atoms with E-state index in [2.05, 4.69) is 55.1 Å². The second-order valence-electron chi connectivity index (χ2n) is 6.16. The molecule has 2 aromatic heterocycles. The molecule has 2 rings (SSSR count). The molecule has 108 valence electrons. The smallest absolute Gasteiger partial charge is 0.165 e. The van der Waals surface area contributed by atoms with E-state index in [1.54, 1.807) is 6.20 Å². The minimum absolute atomic E-state index is 0.0721. The highest BCUT2D eigenvalue weighted by Crippen LogP contribution is 2.25. The molecule has 0 unspecified atom stereocenters. The number of aromatic nitrogens is 4. The standard InChI is InChI=1S/C14H22N6/c1-9(2)20-8-10(7-16-20)13-17-11(14(3,4)5)6-12(18-13)19-15/h6-9H,15H2,1-5H3,(H,17,18,19). The number of anilines is 1. The molecule has 0 aliphatic heterocycles. The van der Waals surface area contributed by atoms with E-state index < -0.39 is 0 Å². The second-order valence-corrected chi connectivity index (χ2v) is 6.16. The van der Waals surface area contributed by atoms with Gasteiger partial charge in [-0.1, -0.05) is 20.8 Å². The Bertz CT molecular complexity index is 594. The minimum Gasteiger partial charge on any atom is -0.308 e. The highest BCUT2D eigenvalue weighted by molar-refractivity contribution is 5.56. The molecule has 0 saturated carbocycles. The van der Waals surface area contributed by atoms with E-state index in [0.29, 0.717) is 17.7 Å². The Labute approximate surface area is 119 Å². The maximum Gasteiger partial charge on any atom is 0.165 e. The number of hydrogen-bond acceptors (Lipinski definition) is 5. The Kier molecular flexibility index (Phi) is 3.76. The summed E-state index contributed by atoms with van der Waals surface area (Å²) in [6.07, 6.45) is 3.73. The summed E-state index contributed by atoms with van der Waals surface area (Å²) in [5, 5.41) is 4.32. The van der Waals surface area contributed by atoms with Crippen LogP contribution in [0.3, 0.4) is 0 Å². The summed E-state index contributed by atoms with van der Waals surface area (Å²) in [4.78, 5) is 9.04. The number of nitrogens with zero attached hydrogens (tertiary/aromatic N) is 4. The summed E-state index contributed by atoms with van der Waals surface area (Å²) >= 11 is 0. The van der Waals surface area contributed by atoms with Gasteiger partial charge in [0.1, 0.15) is 5.82 Å². The van der Waals surface area contributed by atoms with Gasteiger partial charge in [-0.25, -0.2) is 15.8 Å². The normalized spacial score (nSPS) is 11.9. The number of nitrogens with two attached hydrogens (primary N) is 1. The average molecular weight is 274 g/mol. The largest absolute Gasteiger partial charge is 0.308 e. The van der Waals surface area contributed by atoms with Gasteiger partial charge in [-0.05, 0) is 13.8 Å². The number of hydrogen-bond donors (Lipinski definition) is 2. The predicted molar refractivity (Wildman–Crippen MR) is 80.1 cm³/mol. The Balaban J connectivity index is 2.49. The highest BCUT2D eigenvalue weighted by atomic mass is 15.3. The molecule has 20 heavy (non-hydrogen) atoms. The summed E-state index contributed by atoms with van der Waals surface area (Å²) in [5.74, 6) is 6.75. The molecule has 3 N–H and O–H groups in total. The first-order valence-corrected chi connectivity index (χ1v) is 6.72. The van der Waals surface area contributed by atoms with Gasteiger partial charge in [0.05, 0.1) is 17.5 Å². The molecule has 2 heterocycles. The van der Waals surface area contributed by atoms with Gasteiger partial charge in [-0.2, -0.15) is 5.10 Å². The molecule has 6 nitrogen and oxygen atoms in total. The molecular weight excluding hydrogens is 252 g/mol. The van der Waals surface area contributed by atoms with Crippen LogP contribution >= 0.6 is 0 Å². The summed E-state index contributed by atoms with van der Waals surface area (Å²) in [7, 11) is 0. The SMILES string of the molecule is CC(C)n1cc(-c2nc(NN)cc(C(C)(C)C)n2)cn1. The Morgan fingerprint density at radius 3 is 2.45 bits per heavy atom. The summed E-state index contributed by atoms with van der Waals surface area (Å²) < 4.78 is 1.89. The molecule has 2 aromatic rings. The molecule has 0 radical (unpaired) electrons. The maximum absolute atomic E-state index is 5.50. The number of nitrogen functional groups attached to an aromatic ring is 1. The van der Waals surface area contributed by atoms with Gasteiger partial charge >= 0.3 is 0 Å². The zero-order valence-corrected chi connectivity index (χ0v) is 12.7. The summed E-state index contributed by atoms with van der Waals surface area (Å²) in [6, 6.07) is 2.18. The van der Waals surface area contributed by atoms with E-state index in [0.717, 1.165) is 11.3 Å². The lowest BCUT2D eigenvalue weighted by molar-refractivity contribution is 0.532. The monoisotopic (exact) mass is 274 g/mol. The van der Waals surface area contributed by atoms with Crippen LogP contribution in [0.1, 0.15) is 46.4 Å². The fraction of sp³-hybridized carbons (Fsp3) is 0.500. The lowest BCUT2D eigenvalue weighted by Crippen LogP contribution is -2.17. The van der Waals surface area contributed by atoms with Crippen molar-refractivity contribution in [3.05, 3.63) is 24.2 Å². The molecule has 0 aliphatic rings. The molecule has 0 atom stereocenters. The van der Waals surface area contributed by atoms with Crippen LogP contribution in [0.15, 0.2) is 18.5 Å². The predicted octanol–water partition coefficient (Wildman–Crippen LogP) is 2.50. The van der Waals surface area contributed by atoms with Crippen molar-refractivity contribution < 1.29 is 0 Å². The van der Waals surface area contributed by atoms with Crippen LogP contribution in [0.4, 0.5) is 5.82 Å². The third-order valence-electron chi connectivity index (χ3n) is 3.03. The number of rotatable bonds is 3. The number of hydrazine groups is 1. The lowest BCUT2D eigenvalue weighted by atomic mass is 9.92. The molecule has 6 heteroatoms. The molecule has 0 spiro atoms. The molecule has 0 bridgehead atoms. The molecule has 0 saturated heterocycles. The topological polar surface area (TPSA) is 81.7 Å². The van der Waals surface area contributed by atoms with E-state index in [4.69, 9.17) is 5.84 Å². The molecule has 0 aromatic carbocycles. The van der Waals surface area contributed by atoms with Crippen molar-refractivity contribution in [2.24, 2.45) is 5.84 Å². The third kappa shape index (κ3) is 2.96. The van der Waals surface area contributed by atoms with E-state index in [9.17, 15) is 0 Å². The first-order chi connectivity index (χ1) is 9.31. The van der Waals surface area contributed by atoms with Gasteiger partial charge in [0, 0.05) is 23.7 Å². The number of nitrogens with one attached hydrogen (secondary N) is 1. The summed E-state index contributed by atoms with van der Waals surface area (Å²) in [6.45, 7) is 10.5. The molecular formula is C14H22N6. The average Bonchev–Trinajstić information content (AvgIpc) is 2.87. The van der Waals surface area contributed by atoms with Crippen molar-refractivity contribution in [3.63, 3.8) is 0 Å². The fourth-order valence-electron chi connectivity index (χ4n) is 1.77. The van der Waals surface area contributed by atoms with Crippen LogP contribution in [0, 0.1) is 0 Å².